The van der Waals surface area contributed by atoms with Gasteiger partial charge >= 0.3 is 0 Å². The van der Waals surface area contributed by atoms with Crippen LogP contribution in [-0.2, 0) is 4.74 Å². The molecule has 0 fully saturated rings. The molecule has 0 bridgehead atoms. The lowest BCUT2D eigenvalue weighted by Crippen LogP contribution is -2.26. The normalized spacial score (nSPS) is 12.5. The van der Waals surface area contributed by atoms with Crippen molar-refractivity contribution in [3.63, 3.8) is 0 Å². The smallest absolute Gasteiger partial charge is 0.129 e. The van der Waals surface area contributed by atoms with E-state index in [2.05, 4.69) is 15.3 Å². The van der Waals surface area contributed by atoms with Crippen molar-refractivity contribution in [2.24, 2.45) is 0 Å². The third-order valence-electron chi connectivity index (χ3n) is 1.98. The van der Waals surface area contributed by atoms with E-state index in [0.717, 1.165) is 17.9 Å². The van der Waals surface area contributed by atoms with Gasteiger partial charge in [0, 0.05) is 24.8 Å². The number of hydrogen-bond acceptors (Lipinski definition) is 4. The number of aryl methyl sites for hydroxylation is 1. The predicted octanol–water partition coefficient (Wildman–Crippen LogP) is 1.84. The van der Waals surface area contributed by atoms with E-state index in [-0.39, 0.29) is 6.04 Å². The molecule has 1 N–H and O–H groups in total. The Hall–Kier alpha value is -0.870. The summed E-state index contributed by atoms with van der Waals surface area (Å²) in [5.41, 5.74) is 0.939. The summed E-state index contributed by atoms with van der Waals surface area (Å²) >= 11 is 5.70. The van der Waals surface area contributed by atoms with Crippen LogP contribution in [0.2, 0.25) is 0 Å². The Labute approximate surface area is 95.0 Å². The number of aromatic nitrogens is 2. The second-order valence-electron chi connectivity index (χ2n) is 3.32. The van der Waals surface area contributed by atoms with Gasteiger partial charge in [-0.15, -0.1) is 11.6 Å². The molecule has 0 aliphatic carbocycles. The van der Waals surface area contributed by atoms with Crippen molar-refractivity contribution in [2.45, 2.75) is 19.4 Å². The number of anilines is 1. The fourth-order valence-electron chi connectivity index (χ4n) is 1.27. The summed E-state index contributed by atoms with van der Waals surface area (Å²) in [6, 6.07) is 2.10. The number of ether oxygens (including phenoxy) is 1. The summed E-state index contributed by atoms with van der Waals surface area (Å²) in [6.45, 7) is 2.55. The van der Waals surface area contributed by atoms with Crippen molar-refractivity contribution >= 4 is 17.4 Å². The van der Waals surface area contributed by atoms with E-state index in [9.17, 15) is 0 Å². The first-order valence-corrected chi connectivity index (χ1v) is 5.39. The maximum Gasteiger partial charge on any atom is 0.129 e. The lowest BCUT2D eigenvalue weighted by molar-refractivity contribution is 0.184. The van der Waals surface area contributed by atoms with Crippen LogP contribution in [0.5, 0.6) is 0 Å². The summed E-state index contributed by atoms with van der Waals surface area (Å²) in [5.74, 6) is 1.42. The summed E-state index contributed by atoms with van der Waals surface area (Å²) in [6.07, 6.45) is 2.39. The van der Waals surface area contributed by atoms with Gasteiger partial charge in [0.1, 0.15) is 12.1 Å². The summed E-state index contributed by atoms with van der Waals surface area (Å²) in [5, 5.41) is 3.26. The second kappa shape index (κ2) is 6.58. The number of nitrogens with zero attached hydrogens (tertiary/aromatic N) is 2. The highest BCUT2D eigenvalue weighted by Gasteiger charge is 2.08. The molecule has 1 aromatic rings. The summed E-state index contributed by atoms with van der Waals surface area (Å²) < 4.78 is 5.09. The lowest BCUT2D eigenvalue weighted by atomic mass is 10.2. The molecular formula is C10H16ClN3O. The molecule has 84 valence electrons. The standard InChI is InChI=1S/C10H16ClN3O/c1-8-5-10(13-7-12-8)14-9(3-4-11)6-15-2/h5,7,9H,3-4,6H2,1-2H3,(H,12,13,14). The Morgan fingerprint density at radius 3 is 2.93 bits per heavy atom. The third kappa shape index (κ3) is 4.44. The van der Waals surface area contributed by atoms with Crippen LogP contribution < -0.4 is 5.32 Å². The summed E-state index contributed by atoms with van der Waals surface area (Å²) in [4.78, 5) is 8.15. The molecular weight excluding hydrogens is 214 g/mol. The fraction of sp³-hybridized carbons (Fsp3) is 0.600. The molecule has 0 saturated heterocycles. The van der Waals surface area contributed by atoms with Crippen LogP contribution in [0, 0.1) is 6.92 Å². The van der Waals surface area contributed by atoms with Gasteiger partial charge in [0.2, 0.25) is 0 Å². The second-order valence-corrected chi connectivity index (χ2v) is 3.70. The molecule has 0 aliphatic rings. The molecule has 4 nitrogen and oxygen atoms in total. The van der Waals surface area contributed by atoms with E-state index in [0.29, 0.717) is 12.5 Å². The Morgan fingerprint density at radius 2 is 2.33 bits per heavy atom. The van der Waals surface area contributed by atoms with Crippen molar-refractivity contribution in [3.05, 3.63) is 18.1 Å². The highest BCUT2D eigenvalue weighted by molar-refractivity contribution is 6.17. The molecule has 1 heterocycles. The van der Waals surface area contributed by atoms with E-state index in [1.165, 1.54) is 0 Å². The molecule has 0 spiro atoms. The number of methoxy groups -OCH3 is 1. The van der Waals surface area contributed by atoms with Crippen LogP contribution in [0.4, 0.5) is 5.82 Å². The van der Waals surface area contributed by atoms with E-state index in [1.54, 1.807) is 13.4 Å². The van der Waals surface area contributed by atoms with Crippen molar-refractivity contribution in [1.82, 2.24) is 9.97 Å². The lowest BCUT2D eigenvalue weighted by Gasteiger charge is -2.17. The minimum absolute atomic E-state index is 0.196. The maximum atomic E-state index is 5.70. The third-order valence-corrected chi connectivity index (χ3v) is 2.20. The zero-order valence-corrected chi connectivity index (χ0v) is 9.79. The molecule has 0 amide bonds. The van der Waals surface area contributed by atoms with Crippen LogP contribution >= 0.6 is 11.6 Å². The zero-order valence-electron chi connectivity index (χ0n) is 9.03. The molecule has 0 aliphatic heterocycles. The van der Waals surface area contributed by atoms with Gasteiger partial charge in [-0.1, -0.05) is 0 Å². The van der Waals surface area contributed by atoms with Crippen LogP contribution in [0.15, 0.2) is 12.4 Å². The molecule has 1 atom stereocenters. The molecule has 1 unspecified atom stereocenters. The molecule has 1 rings (SSSR count). The molecule has 0 saturated carbocycles. The van der Waals surface area contributed by atoms with Gasteiger partial charge in [-0.2, -0.15) is 0 Å². The first-order chi connectivity index (χ1) is 7.26. The Morgan fingerprint density at radius 1 is 1.53 bits per heavy atom. The molecule has 1 aromatic heterocycles. The van der Waals surface area contributed by atoms with Gasteiger partial charge in [0.15, 0.2) is 0 Å². The molecule has 5 heteroatoms. The maximum absolute atomic E-state index is 5.70. The van der Waals surface area contributed by atoms with E-state index in [1.807, 2.05) is 13.0 Å². The average molecular weight is 230 g/mol. The Balaban J connectivity index is 2.56. The Kier molecular flexibility index (Phi) is 5.36. The van der Waals surface area contributed by atoms with Gasteiger partial charge in [0.05, 0.1) is 12.6 Å². The zero-order chi connectivity index (χ0) is 11.1. The number of alkyl halides is 1. The number of rotatable bonds is 6. The number of hydrogen-bond donors (Lipinski definition) is 1. The highest BCUT2D eigenvalue weighted by Crippen LogP contribution is 2.07. The van der Waals surface area contributed by atoms with Crippen molar-refractivity contribution in [2.75, 3.05) is 24.9 Å². The van der Waals surface area contributed by atoms with E-state index >= 15 is 0 Å². The van der Waals surface area contributed by atoms with Crippen molar-refractivity contribution in [3.8, 4) is 0 Å². The minimum atomic E-state index is 0.196. The highest BCUT2D eigenvalue weighted by atomic mass is 35.5. The van der Waals surface area contributed by atoms with E-state index in [4.69, 9.17) is 16.3 Å². The summed E-state index contributed by atoms with van der Waals surface area (Å²) in [7, 11) is 1.67. The monoisotopic (exact) mass is 229 g/mol. The van der Waals surface area contributed by atoms with Crippen LogP contribution in [0.3, 0.4) is 0 Å². The van der Waals surface area contributed by atoms with Crippen molar-refractivity contribution < 1.29 is 4.74 Å². The largest absolute Gasteiger partial charge is 0.383 e. The molecule has 0 radical (unpaired) electrons. The minimum Gasteiger partial charge on any atom is -0.383 e. The first-order valence-electron chi connectivity index (χ1n) is 4.86. The van der Waals surface area contributed by atoms with Gasteiger partial charge in [-0.3, -0.25) is 0 Å². The SMILES string of the molecule is COCC(CCCl)Nc1cc(C)ncn1. The van der Waals surface area contributed by atoms with Crippen LogP contribution in [0.25, 0.3) is 0 Å². The fourth-order valence-corrected chi connectivity index (χ4v) is 1.54. The topological polar surface area (TPSA) is 47.0 Å². The van der Waals surface area contributed by atoms with Gasteiger partial charge in [0.25, 0.3) is 0 Å². The average Bonchev–Trinajstić information content (AvgIpc) is 2.18. The van der Waals surface area contributed by atoms with Gasteiger partial charge in [-0.05, 0) is 13.3 Å². The van der Waals surface area contributed by atoms with Crippen LogP contribution in [-0.4, -0.2) is 35.6 Å². The molecule has 0 aromatic carbocycles. The van der Waals surface area contributed by atoms with E-state index < -0.39 is 0 Å². The number of nitrogens with one attached hydrogen (secondary N) is 1. The Bertz CT molecular complexity index is 290. The molecule has 15 heavy (non-hydrogen) atoms. The van der Waals surface area contributed by atoms with Crippen molar-refractivity contribution in [1.29, 1.82) is 0 Å². The number of halogens is 1. The van der Waals surface area contributed by atoms with Gasteiger partial charge < -0.3 is 10.1 Å². The van der Waals surface area contributed by atoms with Gasteiger partial charge in [-0.25, -0.2) is 9.97 Å². The first kappa shape index (κ1) is 12.2. The predicted molar refractivity (Wildman–Crippen MR) is 61.4 cm³/mol. The van der Waals surface area contributed by atoms with Crippen LogP contribution in [0.1, 0.15) is 12.1 Å². The quantitative estimate of drug-likeness (QED) is 0.757.